The quantitative estimate of drug-likeness (QED) is 0.749. The molecular formula is C15H19N3O4. The number of hydrogen-bond donors (Lipinski definition) is 2. The molecule has 0 saturated carbocycles. The second-order valence-electron chi connectivity index (χ2n) is 5.15. The Hall–Kier alpha value is -2.41. The van der Waals surface area contributed by atoms with Gasteiger partial charge in [0.25, 0.3) is 0 Å². The van der Waals surface area contributed by atoms with Gasteiger partial charge in [0.15, 0.2) is 0 Å². The molecule has 1 aromatic rings. The predicted molar refractivity (Wildman–Crippen MR) is 78.9 cm³/mol. The number of carboxylic acids is 1. The molecule has 3 N–H and O–H groups in total. The summed E-state index contributed by atoms with van der Waals surface area (Å²) in [6, 6.07) is 8.61. The Bertz CT molecular complexity index is 561. The van der Waals surface area contributed by atoms with E-state index in [0.29, 0.717) is 13.0 Å². The van der Waals surface area contributed by atoms with Crippen LogP contribution in [0.4, 0.5) is 0 Å². The van der Waals surface area contributed by atoms with Gasteiger partial charge < -0.3 is 20.6 Å². The van der Waals surface area contributed by atoms with Gasteiger partial charge in [-0.25, -0.2) is 0 Å². The highest BCUT2D eigenvalue weighted by Gasteiger charge is 2.37. The predicted octanol–water partition coefficient (Wildman–Crippen LogP) is -0.688. The van der Waals surface area contributed by atoms with Crippen molar-refractivity contribution < 1.29 is 19.5 Å². The molecule has 2 rings (SSSR count). The van der Waals surface area contributed by atoms with Gasteiger partial charge in [-0.1, -0.05) is 30.3 Å². The molecule has 0 bridgehead atoms. The average molecular weight is 305 g/mol. The lowest BCUT2D eigenvalue weighted by atomic mass is 10.0. The first-order chi connectivity index (χ1) is 10.5. The summed E-state index contributed by atoms with van der Waals surface area (Å²) in [7, 11) is 0. The number of rotatable bonds is 5. The lowest BCUT2D eigenvalue weighted by molar-refractivity contribution is -0.154. The van der Waals surface area contributed by atoms with Crippen LogP contribution in [0.2, 0.25) is 0 Å². The first kappa shape index (κ1) is 16.0. The zero-order valence-electron chi connectivity index (χ0n) is 12.1. The SMILES string of the molecule is NCC(=O)N1CCN(CC(=O)O)C(=O)C1Cc1ccccc1. The van der Waals surface area contributed by atoms with E-state index in [1.807, 2.05) is 30.3 Å². The molecular weight excluding hydrogens is 286 g/mol. The minimum atomic E-state index is -1.06. The number of amides is 2. The minimum absolute atomic E-state index is 0.169. The number of aliphatic carboxylic acids is 1. The summed E-state index contributed by atoms with van der Waals surface area (Å²) in [6.45, 7) is -0.0129. The van der Waals surface area contributed by atoms with Crippen LogP contribution in [0.25, 0.3) is 0 Å². The van der Waals surface area contributed by atoms with Crippen LogP contribution in [-0.2, 0) is 20.8 Å². The van der Waals surface area contributed by atoms with E-state index in [-0.39, 0.29) is 31.4 Å². The normalized spacial score (nSPS) is 18.4. The highest BCUT2D eigenvalue weighted by atomic mass is 16.4. The molecule has 1 aromatic carbocycles. The Morgan fingerprint density at radius 1 is 1.23 bits per heavy atom. The molecule has 1 saturated heterocycles. The maximum Gasteiger partial charge on any atom is 0.323 e. The molecule has 1 heterocycles. The molecule has 0 aromatic heterocycles. The second kappa shape index (κ2) is 7.04. The van der Waals surface area contributed by atoms with Crippen LogP contribution in [0.15, 0.2) is 30.3 Å². The topological polar surface area (TPSA) is 104 Å². The summed E-state index contributed by atoms with van der Waals surface area (Å²) in [6.07, 6.45) is 0.349. The third-order valence-electron chi connectivity index (χ3n) is 3.68. The molecule has 1 aliphatic rings. The van der Waals surface area contributed by atoms with Gasteiger partial charge in [0.05, 0.1) is 6.54 Å². The summed E-state index contributed by atoms with van der Waals surface area (Å²) in [4.78, 5) is 38.1. The lowest BCUT2D eigenvalue weighted by Crippen LogP contribution is -2.61. The number of carboxylic acid groups (broad SMARTS) is 1. The molecule has 1 fully saturated rings. The van der Waals surface area contributed by atoms with Gasteiger partial charge in [-0.3, -0.25) is 14.4 Å². The van der Waals surface area contributed by atoms with Gasteiger partial charge in [0.1, 0.15) is 12.6 Å². The number of nitrogens with two attached hydrogens (primary N) is 1. The van der Waals surface area contributed by atoms with Crippen LogP contribution in [0.5, 0.6) is 0 Å². The second-order valence-corrected chi connectivity index (χ2v) is 5.15. The smallest absolute Gasteiger partial charge is 0.323 e. The Labute approximate surface area is 128 Å². The third kappa shape index (κ3) is 3.62. The highest BCUT2D eigenvalue weighted by Crippen LogP contribution is 2.16. The number of piperazine rings is 1. The standard InChI is InChI=1S/C15H19N3O4/c16-9-13(19)18-7-6-17(10-14(20)21)15(22)12(18)8-11-4-2-1-3-5-11/h1-5,12H,6-10,16H2,(H,20,21). The van der Waals surface area contributed by atoms with Crippen molar-refractivity contribution in [1.82, 2.24) is 9.80 Å². The minimum Gasteiger partial charge on any atom is -0.480 e. The van der Waals surface area contributed by atoms with Gasteiger partial charge in [-0.2, -0.15) is 0 Å². The average Bonchev–Trinajstić information content (AvgIpc) is 2.51. The lowest BCUT2D eigenvalue weighted by Gasteiger charge is -2.40. The van der Waals surface area contributed by atoms with Gasteiger partial charge in [-0.05, 0) is 5.56 Å². The molecule has 1 unspecified atom stereocenters. The molecule has 0 radical (unpaired) electrons. The monoisotopic (exact) mass is 305 g/mol. The van der Waals surface area contributed by atoms with E-state index in [2.05, 4.69) is 0 Å². The van der Waals surface area contributed by atoms with Crippen molar-refractivity contribution in [2.24, 2.45) is 5.73 Å². The Kier molecular flexibility index (Phi) is 5.11. The molecule has 22 heavy (non-hydrogen) atoms. The largest absolute Gasteiger partial charge is 0.480 e. The number of benzene rings is 1. The van der Waals surface area contributed by atoms with E-state index in [1.54, 1.807) is 0 Å². The van der Waals surface area contributed by atoms with Gasteiger partial charge in [0, 0.05) is 19.5 Å². The summed E-state index contributed by atoms with van der Waals surface area (Å²) < 4.78 is 0. The zero-order valence-corrected chi connectivity index (χ0v) is 12.1. The summed E-state index contributed by atoms with van der Waals surface area (Å²) in [5.41, 5.74) is 6.32. The van der Waals surface area contributed by atoms with Gasteiger partial charge >= 0.3 is 5.97 Å². The van der Waals surface area contributed by atoms with E-state index in [9.17, 15) is 14.4 Å². The third-order valence-corrected chi connectivity index (χ3v) is 3.68. The van der Waals surface area contributed by atoms with Gasteiger partial charge in [0.2, 0.25) is 11.8 Å². The molecule has 7 nitrogen and oxygen atoms in total. The van der Waals surface area contributed by atoms with E-state index >= 15 is 0 Å². The van der Waals surface area contributed by atoms with Crippen molar-refractivity contribution in [1.29, 1.82) is 0 Å². The van der Waals surface area contributed by atoms with E-state index in [1.165, 1.54) is 9.80 Å². The van der Waals surface area contributed by atoms with E-state index in [4.69, 9.17) is 10.8 Å². The van der Waals surface area contributed by atoms with Crippen LogP contribution in [0, 0.1) is 0 Å². The van der Waals surface area contributed by atoms with Crippen molar-refractivity contribution in [3.05, 3.63) is 35.9 Å². The van der Waals surface area contributed by atoms with Gasteiger partial charge in [-0.15, -0.1) is 0 Å². The van der Waals surface area contributed by atoms with Crippen LogP contribution >= 0.6 is 0 Å². The fourth-order valence-electron chi connectivity index (χ4n) is 2.61. The molecule has 1 atom stereocenters. The molecule has 118 valence electrons. The maximum absolute atomic E-state index is 12.5. The van der Waals surface area contributed by atoms with Crippen LogP contribution in [0.3, 0.4) is 0 Å². The summed E-state index contributed by atoms with van der Waals surface area (Å²) >= 11 is 0. The summed E-state index contributed by atoms with van der Waals surface area (Å²) in [5.74, 6) is -1.71. The Balaban J connectivity index is 2.21. The van der Waals surface area contributed by atoms with Crippen LogP contribution in [-0.4, -0.2) is 64.9 Å². The summed E-state index contributed by atoms with van der Waals surface area (Å²) in [5, 5.41) is 8.89. The molecule has 1 aliphatic heterocycles. The van der Waals surface area contributed by atoms with Crippen molar-refractivity contribution in [2.45, 2.75) is 12.5 Å². The number of carbonyl (C=O) groups is 3. The Morgan fingerprint density at radius 2 is 1.91 bits per heavy atom. The van der Waals surface area contributed by atoms with Crippen molar-refractivity contribution in [3.63, 3.8) is 0 Å². The zero-order chi connectivity index (χ0) is 16.1. The van der Waals surface area contributed by atoms with Crippen molar-refractivity contribution >= 4 is 17.8 Å². The first-order valence-corrected chi connectivity index (χ1v) is 7.07. The van der Waals surface area contributed by atoms with E-state index < -0.39 is 12.0 Å². The molecule has 7 heteroatoms. The van der Waals surface area contributed by atoms with Crippen molar-refractivity contribution in [2.75, 3.05) is 26.2 Å². The number of hydrogen-bond acceptors (Lipinski definition) is 4. The van der Waals surface area contributed by atoms with Crippen LogP contribution < -0.4 is 5.73 Å². The van der Waals surface area contributed by atoms with E-state index in [0.717, 1.165) is 5.56 Å². The fourth-order valence-corrected chi connectivity index (χ4v) is 2.61. The van der Waals surface area contributed by atoms with Crippen LogP contribution in [0.1, 0.15) is 5.56 Å². The first-order valence-electron chi connectivity index (χ1n) is 7.07. The Morgan fingerprint density at radius 3 is 2.50 bits per heavy atom. The molecule has 0 spiro atoms. The highest BCUT2D eigenvalue weighted by molar-refractivity contribution is 5.91. The maximum atomic E-state index is 12.5. The fraction of sp³-hybridized carbons (Fsp3) is 0.400. The molecule has 0 aliphatic carbocycles. The molecule has 2 amide bonds. The number of nitrogens with zero attached hydrogens (tertiary/aromatic N) is 2. The number of carbonyl (C=O) groups excluding carboxylic acids is 2. The van der Waals surface area contributed by atoms with Crippen molar-refractivity contribution in [3.8, 4) is 0 Å².